The molecule has 0 spiro atoms. The highest BCUT2D eigenvalue weighted by molar-refractivity contribution is 5.24. The summed E-state index contributed by atoms with van der Waals surface area (Å²) in [6, 6.07) is 9.16. The Hall–Kier alpha value is -0.780. The lowest BCUT2D eigenvalue weighted by Crippen LogP contribution is -2.03. The van der Waals surface area contributed by atoms with Crippen LogP contribution in [-0.4, -0.2) is 0 Å². The lowest BCUT2D eigenvalue weighted by Gasteiger charge is -2.14. The van der Waals surface area contributed by atoms with Gasteiger partial charge in [-0.15, -0.1) is 0 Å². The molecule has 16 heavy (non-hydrogen) atoms. The average Bonchev–Trinajstić information content (AvgIpc) is 2.16. The fourth-order valence-corrected chi connectivity index (χ4v) is 2.33. The van der Waals surface area contributed by atoms with Crippen LogP contribution in [0.15, 0.2) is 24.3 Å². The Balaban J connectivity index is 2.55. The van der Waals surface area contributed by atoms with Crippen LogP contribution < -0.4 is 0 Å². The molecule has 1 rings (SSSR count). The van der Waals surface area contributed by atoms with Gasteiger partial charge in [0.25, 0.3) is 0 Å². The maximum Gasteiger partial charge on any atom is -0.0219 e. The molecule has 0 heterocycles. The number of benzene rings is 1. The van der Waals surface area contributed by atoms with Gasteiger partial charge < -0.3 is 0 Å². The van der Waals surface area contributed by atoms with Gasteiger partial charge in [-0.05, 0) is 41.7 Å². The van der Waals surface area contributed by atoms with E-state index in [0.29, 0.717) is 5.92 Å². The number of hydrogen-bond donors (Lipinski definition) is 0. The molecular weight excluding hydrogens is 192 g/mol. The van der Waals surface area contributed by atoms with Gasteiger partial charge in [0.15, 0.2) is 0 Å². The molecule has 0 aliphatic heterocycles. The van der Waals surface area contributed by atoms with Gasteiger partial charge in [0.1, 0.15) is 0 Å². The fourth-order valence-electron chi connectivity index (χ4n) is 2.33. The van der Waals surface area contributed by atoms with Gasteiger partial charge in [-0.3, -0.25) is 0 Å². The predicted octanol–water partition coefficient (Wildman–Crippen LogP) is 5.03. The van der Waals surface area contributed by atoms with Crippen molar-refractivity contribution in [2.75, 3.05) is 0 Å². The second kappa shape index (κ2) is 6.08. The predicted molar refractivity (Wildman–Crippen MR) is 72.9 cm³/mol. The van der Waals surface area contributed by atoms with Gasteiger partial charge >= 0.3 is 0 Å². The Morgan fingerprint density at radius 2 is 1.44 bits per heavy atom. The first-order valence-corrected chi connectivity index (χ1v) is 6.58. The van der Waals surface area contributed by atoms with Crippen LogP contribution in [0.3, 0.4) is 0 Å². The number of hydrogen-bond acceptors (Lipinski definition) is 0. The summed E-state index contributed by atoms with van der Waals surface area (Å²) in [7, 11) is 0. The van der Waals surface area contributed by atoms with Crippen molar-refractivity contribution in [3.63, 3.8) is 0 Å². The van der Waals surface area contributed by atoms with Gasteiger partial charge in [0, 0.05) is 0 Å². The second-order valence-electron chi connectivity index (χ2n) is 5.84. The van der Waals surface area contributed by atoms with E-state index in [0.717, 1.165) is 11.8 Å². The highest BCUT2D eigenvalue weighted by Crippen LogP contribution is 2.19. The van der Waals surface area contributed by atoms with Gasteiger partial charge in [0.2, 0.25) is 0 Å². The minimum Gasteiger partial charge on any atom is -0.0628 e. The minimum absolute atomic E-state index is 0.641. The van der Waals surface area contributed by atoms with E-state index in [1.807, 2.05) is 0 Å². The van der Waals surface area contributed by atoms with Gasteiger partial charge in [-0.2, -0.15) is 0 Å². The first kappa shape index (κ1) is 13.3. The summed E-state index contributed by atoms with van der Waals surface area (Å²) in [5, 5.41) is 0. The maximum atomic E-state index is 2.36. The molecule has 0 radical (unpaired) electrons. The zero-order valence-electron chi connectivity index (χ0n) is 11.5. The van der Waals surface area contributed by atoms with Crippen LogP contribution in [0.25, 0.3) is 0 Å². The standard InChI is InChI=1S/C16H26/c1-12(2)10-14(5)11-15-6-8-16(9-7-15)13(3)4/h6-9,12-14H,10-11H2,1-5H3/t14-/m0/s1. The molecule has 1 aromatic carbocycles. The normalized spacial score (nSPS) is 13.4. The molecule has 0 unspecified atom stereocenters. The summed E-state index contributed by atoms with van der Waals surface area (Å²) >= 11 is 0. The first-order chi connectivity index (χ1) is 7.49. The monoisotopic (exact) mass is 218 g/mol. The average molecular weight is 218 g/mol. The Morgan fingerprint density at radius 1 is 0.875 bits per heavy atom. The van der Waals surface area contributed by atoms with Crippen molar-refractivity contribution in [3.8, 4) is 0 Å². The summed E-state index contributed by atoms with van der Waals surface area (Å²) in [5.41, 5.74) is 2.93. The van der Waals surface area contributed by atoms with Crippen LogP contribution in [0.1, 0.15) is 58.1 Å². The lowest BCUT2D eigenvalue weighted by atomic mass is 9.91. The van der Waals surface area contributed by atoms with Crippen LogP contribution in [0.2, 0.25) is 0 Å². The molecular formula is C16H26. The molecule has 0 aromatic heterocycles. The molecule has 1 aromatic rings. The van der Waals surface area contributed by atoms with Gasteiger partial charge in [-0.25, -0.2) is 0 Å². The van der Waals surface area contributed by atoms with Crippen LogP contribution in [0.4, 0.5) is 0 Å². The van der Waals surface area contributed by atoms with E-state index in [1.54, 1.807) is 0 Å². The summed E-state index contributed by atoms with van der Waals surface area (Å²) in [5.74, 6) is 2.25. The molecule has 0 bridgehead atoms. The Morgan fingerprint density at radius 3 is 1.88 bits per heavy atom. The molecule has 0 fully saturated rings. The van der Waals surface area contributed by atoms with Gasteiger partial charge in [-0.1, -0.05) is 58.9 Å². The van der Waals surface area contributed by atoms with Crippen LogP contribution in [0.5, 0.6) is 0 Å². The van der Waals surface area contributed by atoms with Crippen molar-refractivity contribution < 1.29 is 0 Å². The summed E-state index contributed by atoms with van der Waals surface area (Å²) in [6.07, 6.45) is 2.54. The highest BCUT2D eigenvalue weighted by atomic mass is 14.1. The van der Waals surface area contributed by atoms with E-state index in [9.17, 15) is 0 Å². The maximum absolute atomic E-state index is 2.36. The second-order valence-corrected chi connectivity index (χ2v) is 5.84. The molecule has 0 saturated carbocycles. The van der Waals surface area contributed by atoms with Crippen molar-refractivity contribution >= 4 is 0 Å². The molecule has 0 heteroatoms. The molecule has 0 amide bonds. The molecule has 0 N–H and O–H groups in total. The van der Waals surface area contributed by atoms with E-state index in [1.165, 1.54) is 24.0 Å². The molecule has 0 aliphatic carbocycles. The van der Waals surface area contributed by atoms with Crippen molar-refractivity contribution in [3.05, 3.63) is 35.4 Å². The van der Waals surface area contributed by atoms with Crippen molar-refractivity contribution in [1.29, 1.82) is 0 Å². The molecule has 1 atom stereocenters. The summed E-state index contributed by atoms with van der Waals surface area (Å²) < 4.78 is 0. The van der Waals surface area contributed by atoms with Crippen molar-refractivity contribution in [1.82, 2.24) is 0 Å². The van der Waals surface area contributed by atoms with E-state index in [4.69, 9.17) is 0 Å². The fraction of sp³-hybridized carbons (Fsp3) is 0.625. The van der Waals surface area contributed by atoms with E-state index < -0.39 is 0 Å². The Kier molecular flexibility index (Phi) is 5.05. The summed E-state index contributed by atoms with van der Waals surface area (Å²) in [6.45, 7) is 11.5. The van der Waals surface area contributed by atoms with Crippen LogP contribution in [0, 0.1) is 11.8 Å². The van der Waals surface area contributed by atoms with Crippen LogP contribution in [-0.2, 0) is 6.42 Å². The Bertz CT molecular complexity index is 292. The van der Waals surface area contributed by atoms with Crippen LogP contribution >= 0.6 is 0 Å². The summed E-state index contributed by atoms with van der Waals surface area (Å²) in [4.78, 5) is 0. The van der Waals surface area contributed by atoms with Gasteiger partial charge in [0.05, 0.1) is 0 Å². The topological polar surface area (TPSA) is 0 Å². The lowest BCUT2D eigenvalue weighted by molar-refractivity contribution is 0.437. The van der Waals surface area contributed by atoms with Crippen molar-refractivity contribution in [2.45, 2.75) is 53.4 Å². The van der Waals surface area contributed by atoms with E-state index in [2.05, 4.69) is 58.9 Å². The molecule has 90 valence electrons. The van der Waals surface area contributed by atoms with E-state index >= 15 is 0 Å². The third-order valence-corrected chi connectivity index (χ3v) is 3.10. The highest BCUT2D eigenvalue weighted by Gasteiger charge is 2.06. The molecule has 0 nitrogen and oxygen atoms in total. The minimum atomic E-state index is 0.641. The Labute approximate surface area is 101 Å². The number of rotatable bonds is 5. The molecule has 0 saturated heterocycles. The third-order valence-electron chi connectivity index (χ3n) is 3.10. The SMILES string of the molecule is CC(C)C[C@H](C)Cc1ccc(C(C)C)cc1. The zero-order chi connectivity index (χ0) is 12.1. The quantitative estimate of drug-likeness (QED) is 0.650. The molecule has 0 aliphatic rings. The zero-order valence-corrected chi connectivity index (χ0v) is 11.5. The van der Waals surface area contributed by atoms with E-state index in [-0.39, 0.29) is 0 Å². The van der Waals surface area contributed by atoms with Crippen molar-refractivity contribution in [2.24, 2.45) is 11.8 Å². The largest absolute Gasteiger partial charge is 0.0628 e. The smallest absolute Gasteiger partial charge is 0.0219 e. The third kappa shape index (κ3) is 4.38. The first-order valence-electron chi connectivity index (χ1n) is 6.58.